The third-order valence-corrected chi connectivity index (χ3v) is 6.54. The van der Waals surface area contributed by atoms with Crippen molar-refractivity contribution in [3.05, 3.63) is 18.2 Å². The lowest BCUT2D eigenvalue weighted by Gasteiger charge is -2.55. The van der Waals surface area contributed by atoms with Gasteiger partial charge in [-0.05, 0) is 56.3 Å². The van der Waals surface area contributed by atoms with Crippen molar-refractivity contribution in [1.82, 2.24) is 15.3 Å². The molecule has 0 unspecified atom stereocenters. The molecule has 6 heteroatoms. The van der Waals surface area contributed by atoms with E-state index < -0.39 is 0 Å². The van der Waals surface area contributed by atoms with Crippen LogP contribution in [0.25, 0.3) is 0 Å². The molecule has 1 aromatic rings. The topological polar surface area (TPSA) is 84.0 Å². The number of nitrogens with zero attached hydrogens (tertiary/aromatic N) is 2. The number of carbonyl (C=O) groups is 2. The Morgan fingerprint density at radius 1 is 1.04 bits per heavy atom. The summed E-state index contributed by atoms with van der Waals surface area (Å²) in [5.74, 6) is 2.73. The molecule has 146 valence electrons. The molecule has 4 bridgehead atoms. The quantitative estimate of drug-likeness (QED) is 0.853. The van der Waals surface area contributed by atoms with E-state index in [4.69, 9.17) is 0 Å². The maximum Gasteiger partial charge on any atom is 0.243 e. The summed E-state index contributed by atoms with van der Waals surface area (Å²) < 4.78 is 0. The van der Waals surface area contributed by atoms with Crippen LogP contribution in [0, 0.1) is 23.2 Å². The number of amides is 2. The second-order valence-electron chi connectivity index (χ2n) is 9.97. The predicted molar refractivity (Wildman–Crippen MR) is 103 cm³/mol. The highest BCUT2D eigenvalue weighted by molar-refractivity contribution is 5.95. The molecule has 0 aliphatic heterocycles. The molecule has 1 heterocycles. The molecule has 4 aliphatic carbocycles. The van der Waals surface area contributed by atoms with E-state index in [0.717, 1.165) is 25.1 Å². The lowest BCUT2D eigenvalue weighted by Crippen LogP contribution is -2.54. The fourth-order valence-corrected chi connectivity index (χ4v) is 5.72. The van der Waals surface area contributed by atoms with Crippen LogP contribution < -0.4 is 10.6 Å². The average molecular weight is 370 g/mol. The van der Waals surface area contributed by atoms with E-state index in [1.165, 1.54) is 19.3 Å². The Morgan fingerprint density at radius 2 is 1.56 bits per heavy atom. The van der Waals surface area contributed by atoms with Crippen LogP contribution >= 0.6 is 0 Å². The summed E-state index contributed by atoms with van der Waals surface area (Å²) in [5.41, 5.74) is 0.206. The molecule has 5 rings (SSSR count). The first kappa shape index (κ1) is 18.4. The first-order valence-corrected chi connectivity index (χ1v) is 10.1. The van der Waals surface area contributed by atoms with Crippen molar-refractivity contribution in [2.24, 2.45) is 23.2 Å². The number of rotatable bonds is 4. The van der Waals surface area contributed by atoms with Gasteiger partial charge in [0, 0.05) is 10.8 Å². The first-order chi connectivity index (χ1) is 12.7. The highest BCUT2D eigenvalue weighted by atomic mass is 16.2. The lowest BCUT2D eigenvalue weighted by molar-refractivity contribution is -0.146. The van der Waals surface area contributed by atoms with E-state index >= 15 is 0 Å². The summed E-state index contributed by atoms with van der Waals surface area (Å²) in [6.45, 7) is 6.13. The summed E-state index contributed by atoms with van der Waals surface area (Å²) in [4.78, 5) is 33.8. The van der Waals surface area contributed by atoms with Crippen molar-refractivity contribution < 1.29 is 9.59 Å². The Hall–Kier alpha value is -1.98. The number of carbonyl (C=O) groups excluding carboxylic acids is 2. The molecule has 0 radical (unpaired) electrons. The minimum absolute atomic E-state index is 0.00159. The molecule has 2 amide bonds. The Bertz CT molecular complexity index is 700. The van der Waals surface area contributed by atoms with Gasteiger partial charge in [-0.15, -0.1) is 0 Å². The van der Waals surface area contributed by atoms with Gasteiger partial charge in [0.2, 0.25) is 11.8 Å². The first-order valence-electron chi connectivity index (χ1n) is 10.1. The minimum atomic E-state index is -0.236. The van der Waals surface area contributed by atoms with Crippen molar-refractivity contribution in [1.29, 1.82) is 0 Å². The van der Waals surface area contributed by atoms with E-state index in [1.54, 1.807) is 12.4 Å². The maximum atomic E-state index is 12.9. The van der Waals surface area contributed by atoms with E-state index in [0.29, 0.717) is 23.4 Å². The smallest absolute Gasteiger partial charge is 0.243 e. The van der Waals surface area contributed by atoms with Crippen LogP contribution in [0.5, 0.6) is 0 Å². The van der Waals surface area contributed by atoms with E-state index in [2.05, 4.69) is 20.6 Å². The zero-order valence-corrected chi connectivity index (χ0v) is 16.5. The number of hydrogen-bond acceptors (Lipinski definition) is 4. The van der Waals surface area contributed by atoms with Crippen LogP contribution in [0.1, 0.15) is 65.1 Å². The SMILES string of the molecule is CC(C)(C)c1ncc(NC(=O)CNC(=O)C23CC4CC(CC(C4)C2)C3)cn1. The molecule has 0 spiro atoms. The van der Waals surface area contributed by atoms with Gasteiger partial charge in [0.1, 0.15) is 5.82 Å². The van der Waals surface area contributed by atoms with E-state index in [9.17, 15) is 9.59 Å². The van der Waals surface area contributed by atoms with Crippen LogP contribution in [0.15, 0.2) is 12.4 Å². The predicted octanol–water partition coefficient (Wildman–Crippen LogP) is 3.05. The molecule has 27 heavy (non-hydrogen) atoms. The Balaban J connectivity index is 1.31. The van der Waals surface area contributed by atoms with Crippen LogP contribution in [-0.4, -0.2) is 28.3 Å². The molecular weight excluding hydrogens is 340 g/mol. The van der Waals surface area contributed by atoms with Gasteiger partial charge in [-0.2, -0.15) is 0 Å². The number of aromatic nitrogens is 2. The number of hydrogen-bond donors (Lipinski definition) is 2. The minimum Gasteiger partial charge on any atom is -0.347 e. The standard InChI is InChI=1S/C21H30N4O2/c1-20(2,3)18-22-10-16(11-23-18)25-17(26)12-24-19(27)21-7-13-4-14(8-21)6-15(5-13)9-21/h10-11,13-15H,4-9,12H2,1-3H3,(H,24,27)(H,25,26). The van der Waals surface area contributed by atoms with Gasteiger partial charge in [0.15, 0.2) is 0 Å². The second kappa shape index (κ2) is 6.57. The normalized spacial score (nSPS) is 31.6. The third kappa shape index (κ3) is 3.71. The molecular formula is C21H30N4O2. The van der Waals surface area contributed by atoms with Gasteiger partial charge < -0.3 is 10.6 Å². The zero-order chi connectivity index (χ0) is 19.2. The lowest BCUT2D eigenvalue weighted by atomic mass is 9.49. The summed E-state index contributed by atoms with van der Waals surface area (Å²) in [7, 11) is 0. The molecule has 6 nitrogen and oxygen atoms in total. The summed E-state index contributed by atoms with van der Waals surface area (Å²) >= 11 is 0. The van der Waals surface area contributed by atoms with Crippen LogP contribution in [0.2, 0.25) is 0 Å². The monoisotopic (exact) mass is 370 g/mol. The van der Waals surface area contributed by atoms with Gasteiger partial charge >= 0.3 is 0 Å². The molecule has 4 aliphatic rings. The summed E-state index contributed by atoms with van der Waals surface area (Å²) in [6, 6.07) is 0. The van der Waals surface area contributed by atoms with Crippen molar-refractivity contribution >= 4 is 17.5 Å². The molecule has 2 N–H and O–H groups in total. The van der Waals surface area contributed by atoms with Crippen molar-refractivity contribution in [2.45, 2.75) is 64.7 Å². The average Bonchev–Trinajstić information content (AvgIpc) is 2.58. The molecule has 1 aromatic heterocycles. The third-order valence-electron chi connectivity index (χ3n) is 6.54. The van der Waals surface area contributed by atoms with Crippen LogP contribution in [0.4, 0.5) is 5.69 Å². The Labute approximate surface area is 160 Å². The van der Waals surface area contributed by atoms with Crippen LogP contribution in [-0.2, 0) is 15.0 Å². The fourth-order valence-electron chi connectivity index (χ4n) is 5.72. The van der Waals surface area contributed by atoms with Gasteiger partial charge in [0.25, 0.3) is 0 Å². The summed E-state index contributed by atoms with van der Waals surface area (Å²) in [5, 5.41) is 5.67. The largest absolute Gasteiger partial charge is 0.347 e. The van der Waals surface area contributed by atoms with Crippen molar-refractivity contribution in [3.8, 4) is 0 Å². The number of anilines is 1. The molecule has 0 aromatic carbocycles. The molecule has 4 saturated carbocycles. The Morgan fingerprint density at radius 3 is 2.04 bits per heavy atom. The van der Waals surface area contributed by atoms with Crippen LogP contribution in [0.3, 0.4) is 0 Å². The highest BCUT2D eigenvalue weighted by Gasteiger charge is 2.54. The number of nitrogens with one attached hydrogen (secondary N) is 2. The zero-order valence-electron chi connectivity index (χ0n) is 16.5. The second-order valence-corrected chi connectivity index (χ2v) is 9.97. The Kier molecular flexibility index (Phi) is 4.47. The van der Waals surface area contributed by atoms with Crippen molar-refractivity contribution in [3.63, 3.8) is 0 Å². The molecule has 4 fully saturated rings. The van der Waals surface area contributed by atoms with Gasteiger partial charge in [-0.1, -0.05) is 20.8 Å². The highest BCUT2D eigenvalue weighted by Crippen LogP contribution is 2.60. The van der Waals surface area contributed by atoms with Gasteiger partial charge in [0.05, 0.1) is 24.6 Å². The maximum absolute atomic E-state index is 12.9. The molecule has 0 saturated heterocycles. The summed E-state index contributed by atoms with van der Waals surface area (Å²) in [6.07, 6.45) is 10.2. The van der Waals surface area contributed by atoms with E-state index in [-0.39, 0.29) is 29.2 Å². The molecule has 0 atom stereocenters. The fraction of sp³-hybridized carbons (Fsp3) is 0.714. The van der Waals surface area contributed by atoms with E-state index in [1.807, 2.05) is 20.8 Å². The van der Waals surface area contributed by atoms with Gasteiger partial charge in [-0.3, -0.25) is 9.59 Å². The van der Waals surface area contributed by atoms with Gasteiger partial charge in [-0.25, -0.2) is 9.97 Å². The van der Waals surface area contributed by atoms with Crippen molar-refractivity contribution in [2.75, 3.05) is 11.9 Å².